The molecule has 0 spiro atoms. The van der Waals surface area contributed by atoms with Crippen LogP contribution in [0.15, 0.2) is 65.3 Å². The number of hydrogen-bond donors (Lipinski definition) is 1. The van der Waals surface area contributed by atoms with E-state index in [0.29, 0.717) is 24.3 Å². The van der Waals surface area contributed by atoms with Crippen LogP contribution in [0, 0.1) is 23.6 Å². The number of anilines is 1. The summed E-state index contributed by atoms with van der Waals surface area (Å²) in [6.45, 7) is 4.59. The Balaban J connectivity index is 1.33. The molecule has 2 aromatic rings. The maximum Gasteiger partial charge on any atom is 0.238 e. The van der Waals surface area contributed by atoms with Crippen LogP contribution in [-0.2, 0) is 14.3 Å². The molecule has 35 heavy (non-hydrogen) atoms. The van der Waals surface area contributed by atoms with Crippen LogP contribution in [0.25, 0.3) is 6.08 Å². The van der Waals surface area contributed by atoms with Gasteiger partial charge in [0.15, 0.2) is 11.6 Å². The van der Waals surface area contributed by atoms with E-state index in [1.807, 2.05) is 24.3 Å². The van der Waals surface area contributed by atoms with Gasteiger partial charge in [0.1, 0.15) is 0 Å². The van der Waals surface area contributed by atoms with Crippen LogP contribution in [0.3, 0.4) is 0 Å². The summed E-state index contributed by atoms with van der Waals surface area (Å²) in [7, 11) is 0. The lowest BCUT2D eigenvalue weighted by molar-refractivity contribution is -0.122. The van der Waals surface area contributed by atoms with E-state index < -0.39 is 5.82 Å². The first-order chi connectivity index (χ1) is 16.9. The molecule has 2 amide bonds. The highest BCUT2D eigenvalue weighted by Crippen LogP contribution is 2.50. The van der Waals surface area contributed by atoms with Crippen molar-refractivity contribution in [3.05, 3.63) is 76.6 Å². The van der Waals surface area contributed by atoms with Gasteiger partial charge in [-0.1, -0.05) is 48.4 Å². The third-order valence-corrected chi connectivity index (χ3v) is 7.69. The lowest BCUT2D eigenvalue weighted by Crippen LogP contribution is -2.34. The van der Waals surface area contributed by atoms with E-state index in [0.717, 1.165) is 30.4 Å². The van der Waals surface area contributed by atoms with Crippen LogP contribution in [-0.4, -0.2) is 29.6 Å². The van der Waals surface area contributed by atoms with E-state index in [2.05, 4.69) is 13.8 Å². The van der Waals surface area contributed by atoms with Gasteiger partial charge in [0.25, 0.3) is 0 Å². The second-order valence-corrected chi connectivity index (χ2v) is 9.75. The number of imide groups is 1. The van der Waals surface area contributed by atoms with E-state index in [1.165, 1.54) is 22.6 Å². The van der Waals surface area contributed by atoms with Crippen LogP contribution in [0.5, 0.6) is 5.75 Å². The summed E-state index contributed by atoms with van der Waals surface area (Å²) in [6, 6.07) is 13.6. The summed E-state index contributed by atoms with van der Waals surface area (Å²) < 4.78 is 20.0. The molecule has 182 valence electrons. The predicted octanol–water partition coefficient (Wildman–Crippen LogP) is 5.65. The average Bonchev–Trinajstić information content (AvgIpc) is 3.38. The smallest absolute Gasteiger partial charge is 0.238 e. The van der Waals surface area contributed by atoms with Crippen molar-refractivity contribution in [2.45, 2.75) is 45.6 Å². The van der Waals surface area contributed by atoms with Gasteiger partial charge < -0.3 is 9.84 Å². The Morgan fingerprint density at radius 2 is 1.91 bits per heavy atom. The fourth-order valence-corrected chi connectivity index (χ4v) is 5.98. The molecule has 5 nitrogen and oxygen atoms in total. The van der Waals surface area contributed by atoms with E-state index >= 15 is 0 Å². The van der Waals surface area contributed by atoms with Crippen molar-refractivity contribution < 1.29 is 23.8 Å². The van der Waals surface area contributed by atoms with Crippen LogP contribution >= 0.6 is 0 Å². The van der Waals surface area contributed by atoms with E-state index in [4.69, 9.17) is 4.74 Å². The molecule has 2 fully saturated rings. The molecule has 0 radical (unpaired) electrons. The third-order valence-electron chi connectivity index (χ3n) is 7.69. The quantitative estimate of drug-likeness (QED) is 0.433. The third kappa shape index (κ3) is 4.20. The molecule has 4 atom stereocenters. The Kier molecular flexibility index (Phi) is 6.32. The van der Waals surface area contributed by atoms with Crippen LogP contribution in [0.2, 0.25) is 0 Å². The number of fused-ring (bicyclic) bond motifs is 3. The number of carbonyl (C=O) groups excluding carboxylic acids is 2. The van der Waals surface area contributed by atoms with Gasteiger partial charge in [0.2, 0.25) is 11.8 Å². The Morgan fingerprint density at radius 1 is 1.14 bits per heavy atom. The van der Waals surface area contributed by atoms with Crippen molar-refractivity contribution in [3.8, 4) is 5.75 Å². The molecule has 2 heterocycles. The Bertz CT molecular complexity index is 1220. The van der Waals surface area contributed by atoms with Gasteiger partial charge in [-0.05, 0) is 68.0 Å². The molecule has 2 aromatic carbocycles. The van der Waals surface area contributed by atoms with Crippen molar-refractivity contribution in [1.82, 2.24) is 0 Å². The second-order valence-electron chi connectivity index (χ2n) is 9.75. The number of halogens is 1. The molecule has 5 rings (SSSR count). The topological polar surface area (TPSA) is 66.8 Å². The molecule has 0 saturated carbocycles. The molecule has 1 aliphatic carbocycles. The van der Waals surface area contributed by atoms with Gasteiger partial charge in [0, 0.05) is 5.92 Å². The largest absolute Gasteiger partial charge is 0.505 e. The van der Waals surface area contributed by atoms with Crippen LogP contribution in [0.4, 0.5) is 10.1 Å². The van der Waals surface area contributed by atoms with Crippen molar-refractivity contribution in [2.75, 3.05) is 11.5 Å². The first-order valence-corrected chi connectivity index (χ1v) is 12.3. The summed E-state index contributed by atoms with van der Waals surface area (Å²) in [5.41, 5.74) is 4.87. The number of nitrogens with zero attached hydrogens (tertiary/aromatic N) is 1. The minimum atomic E-state index is -0.631. The maximum absolute atomic E-state index is 13.7. The average molecular weight is 476 g/mol. The molecule has 0 bridgehead atoms. The van der Waals surface area contributed by atoms with Gasteiger partial charge in [0.05, 0.1) is 30.2 Å². The first-order valence-electron chi connectivity index (χ1n) is 12.3. The molecule has 3 aliphatic rings. The minimum absolute atomic E-state index is 0.0656. The van der Waals surface area contributed by atoms with Gasteiger partial charge in [-0.25, -0.2) is 4.39 Å². The zero-order chi connectivity index (χ0) is 24.7. The highest BCUT2D eigenvalue weighted by molar-refractivity contribution is 6.22. The number of benzene rings is 2. The SMILES string of the molecule is CC/C(=C\c1ccc(O)c(F)c1)CC[C@H]1OC[C@H]2C1=C(C)C[C@H]1C(=O)N(c3ccccc3)C(=O)[C@H]12. The van der Waals surface area contributed by atoms with Crippen molar-refractivity contribution in [1.29, 1.82) is 0 Å². The lowest BCUT2D eigenvalue weighted by Gasteiger charge is -2.30. The fraction of sp³-hybridized carbons (Fsp3) is 0.379. The zero-order valence-corrected chi connectivity index (χ0v) is 20.0. The molecular weight excluding hydrogens is 445 g/mol. The molecule has 1 N–H and O–H groups in total. The number of amides is 2. The molecular formula is C29H30FNO4. The van der Waals surface area contributed by atoms with E-state index in [9.17, 15) is 19.1 Å². The van der Waals surface area contributed by atoms with Gasteiger partial charge in [-0.3, -0.25) is 14.5 Å². The molecule has 0 unspecified atom stereocenters. The number of para-hydroxylation sites is 1. The minimum Gasteiger partial charge on any atom is -0.505 e. The van der Waals surface area contributed by atoms with Gasteiger partial charge >= 0.3 is 0 Å². The molecule has 0 aromatic heterocycles. The number of aromatic hydroxyl groups is 1. The van der Waals surface area contributed by atoms with Crippen molar-refractivity contribution in [3.63, 3.8) is 0 Å². The summed E-state index contributed by atoms with van der Waals surface area (Å²) in [6.07, 6.45) is 4.84. The number of carbonyl (C=O) groups is 2. The number of ether oxygens (including phenoxy) is 1. The van der Waals surface area contributed by atoms with Crippen molar-refractivity contribution in [2.24, 2.45) is 17.8 Å². The Morgan fingerprint density at radius 3 is 2.63 bits per heavy atom. The lowest BCUT2D eigenvalue weighted by atomic mass is 9.70. The number of allylic oxidation sites excluding steroid dienone is 2. The predicted molar refractivity (Wildman–Crippen MR) is 132 cm³/mol. The van der Waals surface area contributed by atoms with E-state index in [-0.39, 0.29) is 41.4 Å². The second kappa shape index (κ2) is 9.42. The van der Waals surface area contributed by atoms with Gasteiger partial charge in [-0.2, -0.15) is 0 Å². The number of phenolic OH excluding ortho intramolecular Hbond substituents is 1. The first kappa shape index (κ1) is 23.5. The Labute approximate surface area is 204 Å². The molecule has 2 saturated heterocycles. The maximum atomic E-state index is 13.7. The van der Waals surface area contributed by atoms with Crippen LogP contribution in [0.1, 0.15) is 45.1 Å². The molecule has 6 heteroatoms. The number of hydrogen-bond acceptors (Lipinski definition) is 4. The Hall–Kier alpha value is -3.25. The normalized spacial score (nSPS) is 26.4. The summed E-state index contributed by atoms with van der Waals surface area (Å²) >= 11 is 0. The van der Waals surface area contributed by atoms with Gasteiger partial charge in [-0.15, -0.1) is 0 Å². The standard InChI is InChI=1S/C29H30FNO4/c1-3-18(14-19-9-11-24(32)23(30)15-19)10-12-25-26-17(2)13-21-27(22(26)16-35-25)29(34)31(28(21)33)20-7-5-4-6-8-20/h4-9,11,14-15,21-22,25,27,32H,3,10,12-13,16H2,1-2H3/b18-14+/t21-,22+,25-,27-/m1/s1. The highest BCUT2D eigenvalue weighted by Gasteiger charge is 2.56. The molecule has 2 aliphatic heterocycles. The van der Waals surface area contributed by atoms with E-state index in [1.54, 1.807) is 18.2 Å². The number of phenols is 1. The highest BCUT2D eigenvalue weighted by atomic mass is 19.1. The fourth-order valence-electron chi connectivity index (χ4n) is 5.98. The summed E-state index contributed by atoms with van der Waals surface area (Å²) in [5.74, 6) is -1.96. The zero-order valence-electron chi connectivity index (χ0n) is 20.0. The summed E-state index contributed by atoms with van der Waals surface area (Å²) in [4.78, 5) is 28.0. The summed E-state index contributed by atoms with van der Waals surface area (Å²) in [5, 5.41) is 9.43. The van der Waals surface area contributed by atoms with Crippen LogP contribution < -0.4 is 4.90 Å². The monoisotopic (exact) mass is 475 g/mol. The van der Waals surface area contributed by atoms with Crippen molar-refractivity contribution >= 4 is 23.6 Å². The number of rotatable bonds is 6.